The highest BCUT2D eigenvalue weighted by Crippen LogP contribution is 2.51. The van der Waals surface area contributed by atoms with Crippen molar-refractivity contribution in [1.29, 1.82) is 0 Å². The fourth-order valence-electron chi connectivity index (χ4n) is 11.3. The lowest BCUT2D eigenvalue weighted by molar-refractivity contribution is 0.661. The van der Waals surface area contributed by atoms with E-state index in [2.05, 4.69) is 207 Å². The summed E-state index contributed by atoms with van der Waals surface area (Å²) in [6.45, 7) is 4.99. The molecule has 0 saturated heterocycles. The lowest BCUT2D eigenvalue weighted by Crippen LogP contribution is -2.69. The van der Waals surface area contributed by atoms with E-state index in [0.29, 0.717) is 0 Å². The van der Waals surface area contributed by atoms with Crippen molar-refractivity contribution in [2.75, 3.05) is 4.90 Å². The van der Waals surface area contributed by atoms with Gasteiger partial charge in [-0.05, 0) is 79.7 Å². The van der Waals surface area contributed by atoms with Gasteiger partial charge in [-0.15, -0.1) is 0 Å². The standard InChI is InChI=1S/C52H37B2N/c1-51(2)38-20-7-6-19-36(38)37-32-31-34(33-43(37)51)53-44-25-11-8-21-39(44)52(40-22-9-12-26-45(40)53)41-23-10-13-27-46(41)54-47-28-14-15-29-48(47)55(35-17-4-3-5-18-35)49-30-16-24-42(52)50(49)54/h3-33H,1-2H3. The summed E-state index contributed by atoms with van der Waals surface area (Å²) in [6, 6.07) is 71.5. The van der Waals surface area contributed by atoms with E-state index >= 15 is 0 Å². The second-order valence-corrected chi connectivity index (χ2v) is 16.3. The third-order valence-corrected chi connectivity index (χ3v) is 13.5. The third-order valence-electron chi connectivity index (χ3n) is 13.5. The Kier molecular flexibility index (Phi) is 6.28. The van der Waals surface area contributed by atoms with E-state index < -0.39 is 5.41 Å². The van der Waals surface area contributed by atoms with Gasteiger partial charge in [-0.1, -0.05) is 199 Å². The van der Waals surface area contributed by atoms with Gasteiger partial charge in [-0.3, -0.25) is 0 Å². The average Bonchev–Trinajstić information content (AvgIpc) is 3.47. The predicted molar refractivity (Wildman–Crippen MR) is 233 cm³/mol. The van der Waals surface area contributed by atoms with Crippen molar-refractivity contribution in [3.8, 4) is 11.1 Å². The number of nitrogens with zero attached hydrogens (tertiary/aromatic N) is 1. The van der Waals surface area contributed by atoms with Crippen LogP contribution in [0.1, 0.15) is 47.2 Å². The molecule has 0 bridgehead atoms. The monoisotopic (exact) mass is 697 g/mol. The Morgan fingerprint density at radius 1 is 0.382 bits per heavy atom. The minimum atomic E-state index is -0.511. The van der Waals surface area contributed by atoms with Crippen LogP contribution in [-0.4, -0.2) is 13.4 Å². The van der Waals surface area contributed by atoms with Crippen LogP contribution < -0.4 is 37.7 Å². The van der Waals surface area contributed by atoms with E-state index in [4.69, 9.17) is 0 Å². The fraction of sp³-hybridized carbons (Fsp3) is 0.0769. The van der Waals surface area contributed by atoms with Crippen molar-refractivity contribution in [2.45, 2.75) is 24.7 Å². The zero-order valence-corrected chi connectivity index (χ0v) is 31.0. The molecule has 8 aromatic rings. The molecule has 8 aromatic carbocycles. The maximum atomic E-state index is 2.54. The second kappa shape index (κ2) is 11.1. The van der Waals surface area contributed by atoms with Crippen LogP contribution in [0.5, 0.6) is 0 Å². The number of anilines is 3. The van der Waals surface area contributed by atoms with Gasteiger partial charge in [0.15, 0.2) is 0 Å². The highest BCUT2D eigenvalue weighted by molar-refractivity contribution is 6.99. The van der Waals surface area contributed by atoms with Crippen molar-refractivity contribution in [3.63, 3.8) is 0 Å². The molecule has 4 aliphatic rings. The Hall–Kier alpha value is -6.31. The molecule has 0 saturated carbocycles. The average molecular weight is 697 g/mol. The van der Waals surface area contributed by atoms with Gasteiger partial charge in [0.25, 0.3) is 0 Å². The van der Waals surface area contributed by atoms with Gasteiger partial charge in [0.2, 0.25) is 13.4 Å². The first kappa shape index (κ1) is 31.1. The van der Waals surface area contributed by atoms with Gasteiger partial charge in [0.1, 0.15) is 0 Å². The number of fused-ring (bicyclic) bond motifs is 13. The van der Waals surface area contributed by atoms with Crippen LogP contribution in [0.3, 0.4) is 0 Å². The van der Waals surface area contributed by atoms with Crippen LogP contribution in [0.2, 0.25) is 0 Å². The summed E-state index contributed by atoms with van der Waals surface area (Å²) in [7, 11) is 0. The molecular formula is C52H37B2N. The summed E-state index contributed by atoms with van der Waals surface area (Å²) in [6.07, 6.45) is 0. The van der Waals surface area contributed by atoms with Gasteiger partial charge >= 0.3 is 0 Å². The highest BCUT2D eigenvalue weighted by Gasteiger charge is 2.55. The molecule has 3 aliphatic heterocycles. The van der Waals surface area contributed by atoms with E-state index in [0.717, 1.165) is 0 Å². The smallest absolute Gasteiger partial charge is 0.247 e. The van der Waals surface area contributed by atoms with E-state index in [1.54, 1.807) is 0 Å². The summed E-state index contributed by atoms with van der Waals surface area (Å²) in [5.74, 6) is 0. The normalized spacial score (nSPS) is 15.6. The number of para-hydroxylation sites is 2. The zero-order chi connectivity index (χ0) is 36.5. The maximum absolute atomic E-state index is 2.54. The molecule has 1 aliphatic carbocycles. The molecule has 55 heavy (non-hydrogen) atoms. The fourth-order valence-corrected chi connectivity index (χ4v) is 11.3. The molecule has 0 N–H and O–H groups in total. The molecule has 3 heteroatoms. The largest absolute Gasteiger partial charge is 0.312 e. The molecule has 1 spiro atoms. The molecule has 0 aromatic heterocycles. The predicted octanol–water partition coefficient (Wildman–Crippen LogP) is 7.82. The number of hydrogen-bond donors (Lipinski definition) is 0. The Labute approximate surface area is 324 Å². The van der Waals surface area contributed by atoms with Crippen LogP contribution in [0.4, 0.5) is 17.1 Å². The molecule has 0 radical (unpaired) electrons. The first-order chi connectivity index (χ1) is 27.1. The summed E-state index contributed by atoms with van der Waals surface area (Å²) < 4.78 is 0. The minimum absolute atomic E-state index is 0.0712. The molecular weight excluding hydrogens is 660 g/mol. The first-order valence-electron chi connectivity index (χ1n) is 19.7. The lowest BCUT2D eigenvalue weighted by Gasteiger charge is -2.51. The summed E-state index contributed by atoms with van der Waals surface area (Å²) in [4.78, 5) is 2.50. The molecule has 1 nitrogen and oxygen atoms in total. The van der Waals surface area contributed by atoms with Crippen LogP contribution in [0.15, 0.2) is 188 Å². The van der Waals surface area contributed by atoms with E-state index in [9.17, 15) is 0 Å². The van der Waals surface area contributed by atoms with Crippen LogP contribution in [0, 0.1) is 0 Å². The summed E-state index contributed by atoms with van der Waals surface area (Å²) in [5.41, 5.74) is 22.5. The molecule has 3 heterocycles. The highest BCUT2D eigenvalue weighted by atomic mass is 15.1. The van der Waals surface area contributed by atoms with Gasteiger partial charge in [0.05, 0.1) is 5.41 Å². The third kappa shape index (κ3) is 3.90. The number of rotatable bonds is 2. The summed E-state index contributed by atoms with van der Waals surface area (Å²) >= 11 is 0. The van der Waals surface area contributed by atoms with Crippen molar-refractivity contribution < 1.29 is 0 Å². The Balaban J connectivity index is 1.16. The summed E-state index contributed by atoms with van der Waals surface area (Å²) in [5, 5.41) is 0. The van der Waals surface area contributed by atoms with Crippen molar-refractivity contribution in [1.82, 2.24) is 0 Å². The topological polar surface area (TPSA) is 3.24 Å². The Morgan fingerprint density at radius 2 is 0.891 bits per heavy atom. The number of hydrogen-bond acceptors (Lipinski definition) is 1. The van der Waals surface area contributed by atoms with E-state index in [-0.39, 0.29) is 18.8 Å². The van der Waals surface area contributed by atoms with Gasteiger partial charge in [-0.2, -0.15) is 0 Å². The minimum Gasteiger partial charge on any atom is -0.312 e. The van der Waals surface area contributed by atoms with Gasteiger partial charge in [0, 0.05) is 22.5 Å². The quantitative estimate of drug-likeness (QED) is 0.167. The maximum Gasteiger partial charge on any atom is 0.247 e. The van der Waals surface area contributed by atoms with E-state index in [1.807, 2.05) is 0 Å². The van der Waals surface area contributed by atoms with Crippen LogP contribution >= 0.6 is 0 Å². The molecule has 0 atom stereocenters. The molecule has 0 amide bonds. The molecule has 12 rings (SSSR count). The zero-order valence-electron chi connectivity index (χ0n) is 31.0. The second-order valence-electron chi connectivity index (χ2n) is 16.3. The molecule has 0 unspecified atom stereocenters. The Morgan fingerprint density at radius 3 is 1.58 bits per heavy atom. The van der Waals surface area contributed by atoms with Crippen molar-refractivity contribution in [2.24, 2.45) is 0 Å². The van der Waals surface area contributed by atoms with Crippen LogP contribution in [0.25, 0.3) is 11.1 Å². The SMILES string of the molecule is CC1(C)c2ccccc2-c2ccc(B3c4ccccc4C4(c5ccccc53)c3ccccc3B3c5ccccc5N(c5ccccc5)c5cccc4c53)cc21. The molecule has 0 fully saturated rings. The van der Waals surface area contributed by atoms with Crippen molar-refractivity contribution >= 4 is 63.3 Å². The molecule has 256 valence electrons. The first-order valence-corrected chi connectivity index (χ1v) is 19.7. The van der Waals surface area contributed by atoms with Gasteiger partial charge < -0.3 is 4.90 Å². The van der Waals surface area contributed by atoms with E-state index in [1.165, 1.54) is 94.3 Å². The van der Waals surface area contributed by atoms with Crippen molar-refractivity contribution in [3.05, 3.63) is 221 Å². The Bertz CT molecular complexity index is 2840. The number of benzene rings is 8. The van der Waals surface area contributed by atoms with Gasteiger partial charge in [-0.25, -0.2) is 0 Å². The lowest BCUT2D eigenvalue weighted by atomic mass is 9.25. The van der Waals surface area contributed by atoms with Crippen LogP contribution in [-0.2, 0) is 10.8 Å².